The van der Waals surface area contributed by atoms with E-state index in [1.807, 2.05) is 78.9 Å². The number of hydrogen-bond acceptors (Lipinski definition) is 3. The Morgan fingerprint density at radius 1 is 0.793 bits per heavy atom. The molecule has 0 bridgehead atoms. The molecule has 2 amide bonds. The van der Waals surface area contributed by atoms with Crippen molar-refractivity contribution < 1.29 is 19.5 Å². The lowest BCUT2D eigenvalue weighted by molar-refractivity contribution is -0.134. The number of amides is 2. The van der Waals surface area contributed by atoms with Crippen LogP contribution in [0.1, 0.15) is 18.1 Å². The fourth-order valence-corrected chi connectivity index (χ4v) is 2.46. The Morgan fingerprint density at radius 2 is 1.17 bits per heavy atom. The van der Waals surface area contributed by atoms with Gasteiger partial charge in [0.2, 0.25) is 0 Å². The van der Waals surface area contributed by atoms with Crippen molar-refractivity contribution in [1.82, 2.24) is 10.4 Å². The van der Waals surface area contributed by atoms with Crippen LogP contribution >= 0.6 is 0 Å². The molecule has 0 aliphatic heterocycles. The van der Waals surface area contributed by atoms with Gasteiger partial charge in [-0.15, -0.1) is 0 Å². The minimum Gasteiger partial charge on any atom is -0.481 e. The lowest BCUT2D eigenvalue weighted by Crippen LogP contribution is -2.40. The van der Waals surface area contributed by atoms with Crippen molar-refractivity contribution in [3.8, 4) is 5.75 Å². The van der Waals surface area contributed by atoms with E-state index in [0.29, 0.717) is 18.8 Å². The first-order chi connectivity index (χ1) is 14.0. The number of aliphatic carboxylic acids is 1. The lowest BCUT2D eigenvalue weighted by Gasteiger charge is -2.23. The quantitative estimate of drug-likeness (QED) is 0.606. The first-order valence-corrected chi connectivity index (χ1v) is 9.09. The van der Waals surface area contributed by atoms with Crippen LogP contribution in [0.5, 0.6) is 5.75 Å². The van der Waals surface area contributed by atoms with Gasteiger partial charge in [-0.25, -0.2) is 4.79 Å². The predicted octanol–water partition coefficient (Wildman–Crippen LogP) is 4.48. The maximum absolute atomic E-state index is 12.6. The number of carbonyl (C=O) groups is 2. The monoisotopic (exact) mass is 392 g/mol. The number of benzene rings is 3. The molecule has 0 fully saturated rings. The fraction of sp³-hybridized carbons (Fsp3) is 0.130. The fourth-order valence-electron chi connectivity index (χ4n) is 2.46. The summed E-state index contributed by atoms with van der Waals surface area (Å²) in [7, 11) is 0. The molecule has 6 heteroatoms. The van der Waals surface area contributed by atoms with Crippen LogP contribution in [0, 0.1) is 0 Å². The van der Waals surface area contributed by atoms with Crippen molar-refractivity contribution in [2.75, 3.05) is 0 Å². The Kier molecular flexibility index (Phi) is 8.76. The Balaban J connectivity index is 0.000000687. The summed E-state index contributed by atoms with van der Waals surface area (Å²) in [6.45, 7) is 2.08. The summed E-state index contributed by atoms with van der Waals surface area (Å²) in [5, 5.41) is 7.42. The first-order valence-electron chi connectivity index (χ1n) is 9.09. The standard InChI is InChI=1S/C21H20N2O2.C2H4O2/c24-21(22-25-20-14-8-3-9-15-20)23(16-18-10-4-1-5-11-18)17-19-12-6-2-7-13-19;1-2(3)4/h1-15H,16-17H2,(H,22,24);1H3,(H,3,4). The molecule has 0 unspecified atom stereocenters. The van der Waals surface area contributed by atoms with Gasteiger partial charge >= 0.3 is 6.03 Å². The van der Waals surface area contributed by atoms with Crippen LogP contribution in [0.2, 0.25) is 0 Å². The number of nitrogens with one attached hydrogen (secondary N) is 1. The van der Waals surface area contributed by atoms with Crippen molar-refractivity contribution in [3.63, 3.8) is 0 Å². The van der Waals surface area contributed by atoms with E-state index in [2.05, 4.69) is 5.48 Å². The molecule has 6 nitrogen and oxygen atoms in total. The van der Waals surface area contributed by atoms with Crippen molar-refractivity contribution in [3.05, 3.63) is 102 Å². The third-order valence-corrected chi connectivity index (χ3v) is 3.72. The van der Waals surface area contributed by atoms with Crippen LogP contribution in [0.15, 0.2) is 91.0 Å². The highest BCUT2D eigenvalue weighted by molar-refractivity contribution is 5.73. The van der Waals surface area contributed by atoms with Crippen LogP contribution in [0.3, 0.4) is 0 Å². The average molecular weight is 392 g/mol. The lowest BCUT2D eigenvalue weighted by atomic mass is 10.2. The predicted molar refractivity (Wildman–Crippen MR) is 111 cm³/mol. The van der Waals surface area contributed by atoms with Crippen LogP contribution in [-0.4, -0.2) is 22.0 Å². The zero-order valence-corrected chi connectivity index (χ0v) is 16.2. The molecule has 0 aliphatic rings. The molecule has 150 valence electrons. The van der Waals surface area contributed by atoms with Crippen LogP contribution < -0.4 is 10.3 Å². The molecule has 2 N–H and O–H groups in total. The summed E-state index contributed by atoms with van der Waals surface area (Å²) in [5.41, 5.74) is 4.65. The molecule has 3 aromatic rings. The number of para-hydroxylation sites is 1. The second kappa shape index (κ2) is 11.8. The highest BCUT2D eigenvalue weighted by Gasteiger charge is 2.15. The van der Waals surface area contributed by atoms with Gasteiger partial charge in [0.15, 0.2) is 5.75 Å². The molecule has 0 aromatic heterocycles. The van der Waals surface area contributed by atoms with Crippen molar-refractivity contribution in [1.29, 1.82) is 0 Å². The summed E-state index contributed by atoms with van der Waals surface area (Å²) in [5.74, 6) is -0.241. The average Bonchev–Trinajstić information content (AvgIpc) is 2.73. The van der Waals surface area contributed by atoms with E-state index in [0.717, 1.165) is 18.1 Å². The highest BCUT2D eigenvalue weighted by atomic mass is 16.7. The van der Waals surface area contributed by atoms with Gasteiger partial charge in [0.05, 0.1) is 0 Å². The molecule has 0 heterocycles. The van der Waals surface area contributed by atoms with E-state index in [1.54, 1.807) is 17.0 Å². The maximum Gasteiger partial charge on any atom is 0.351 e. The van der Waals surface area contributed by atoms with Gasteiger partial charge < -0.3 is 14.8 Å². The molecule has 0 spiro atoms. The molecule has 0 saturated carbocycles. The Bertz CT molecular complexity index is 826. The largest absolute Gasteiger partial charge is 0.481 e. The summed E-state index contributed by atoms with van der Waals surface area (Å²) in [6.07, 6.45) is 0. The number of carboxylic acids is 1. The number of hydrogen-bond donors (Lipinski definition) is 2. The van der Waals surface area contributed by atoms with Gasteiger partial charge in [0, 0.05) is 20.0 Å². The minimum atomic E-state index is -0.833. The van der Waals surface area contributed by atoms with Crippen LogP contribution in [0.25, 0.3) is 0 Å². The summed E-state index contributed by atoms with van der Waals surface area (Å²) in [6, 6.07) is 28.7. The van der Waals surface area contributed by atoms with E-state index in [1.165, 1.54) is 0 Å². The number of urea groups is 1. The molecule has 0 radical (unpaired) electrons. The Labute approximate surface area is 170 Å². The van der Waals surface area contributed by atoms with Crippen LogP contribution in [0.4, 0.5) is 4.79 Å². The van der Waals surface area contributed by atoms with Gasteiger partial charge in [-0.05, 0) is 23.3 Å². The van der Waals surface area contributed by atoms with E-state index in [9.17, 15) is 4.79 Å². The topological polar surface area (TPSA) is 78.9 Å². The zero-order chi connectivity index (χ0) is 20.9. The number of hydroxylamine groups is 1. The number of carboxylic acid groups (broad SMARTS) is 1. The zero-order valence-electron chi connectivity index (χ0n) is 16.2. The van der Waals surface area contributed by atoms with Crippen molar-refractivity contribution >= 4 is 12.0 Å². The Hall–Kier alpha value is -3.80. The molecular weight excluding hydrogens is 368 g/mol. The molecule has 29 heavy (non-hydrogen) atoms. The maximum atomic E-state index is 12.6. The number of nitrogens with zero attached hydrogens (tertiary/aromatic N) is 1. The third-order valence-electron chi connectivity index (χ3n) is 3.72. The second-order valence-corrected chi connectivity index (χ2v) is 6.17. The molecule has 3 aromatic carbocycles. The molecule has 0 saturated heterocycles. The molecule has 3 rings (SSSR count). The highest BCUT2D eigenvalue weighted by Crippen LogP contribution is 2.11. The third kappa shape index (κ3) is 8.62. The van der Waals surface area contributed by atoms with E-state index in [4.69, 9.17) is 14.7 Å². The van der Waals surface area contributed by atoms with Crippen molar-refractivity contribution in [2.24, 2.45) is 0 Å². The SMILES string of the molecule is CC(=O)O.O=C(NOc1ccccc1)N(Cc1ccccc1)Cc1ccccc1. The van der Waals surface area contributed by atoms with E-state index < -0.39 is 5.97 Å². The summed E-state index contributed by atoms with van der Waals surface area (Å²) >= 11 is 0. The first kappa shape index (κ1) is 21.5. The molecule has 0 atom stereocenters. The number of carbonyl (C=O) groups excluding carboxylic acids is 1. The van der Waals surface area contributed by atoms with Gasteiger partial charge in [-0.3, -0.25) is 4.79 Å². The Morgan fingerprint density at radius 3 is 1.59 bits per heavy atom. The summed E-state index contributed by atoms with van der Waals surface area (Å²) in [4.78, 5) is 28.7. The normalized spacial score (nSPS) is 9.55. The van der Waals surface area contributed by atoms with Gasteiger partial charge in [0.25, 0.3) is 5.97 Å². The second-order valence-electron chi connectivity index (χ2n) is 6.17. The van der Waals surface area contributed by atoms with E-state index >= 15 is 0 Å². The number of rotatable bonds is 6. The van der Waals surface area contributed by atoms with Crippen molar-refractivity contribution in [2.45, 2.75) is 20.0 Å². The van der Waals surface area contributed by atoms with Crippen LogP contribution in [-0.2, 0) is 17.9 Å². The minimum absolute atomic E-state index is 0.281. The molecule has 0 aliphatic carbocycles. The van der Waals surface area contributed by atoms with Gasteiger partial charge in [-0.2, -0.15) is 5.48 Å². The van der Waals surface area contributed by atoms with Gasteiger partial charge in [0.1, 0.15) is 0 Å². The smallest absolute Gasteiger partial charge is 0.351 e. The molecular formula is C23H24N2O4. The summed E-state index contributed by atoms with van der Waals surface area (Å²) < 4.78 is 0. The van der Waals surface area contributed by atoms with E-state index in [-0.39, 0.29) is 6.03 Å². The van der Waals surface area contributed by atoms with Gasteiger partial charge in [-0.1, -0.05) is 78.9 Å².